The predicted molar refractivity (Wildman–Crippen MR) is 57.3 cm³/mol. The molecule has 7 heteroatoms. The number of H-pyrrole nitrogens is 1. The third-order valence-corrected chi connectivity index (χ3v) is 2.86. The minimum Gasteiger partial charge on any atom is -0.257 e. The molecular formula is C10H8F3N3S. The molecule has 0 saturated carbocycles. The quantitative estimate of drug-likeness (QED) is 0.857. The summed E-state index contributed by atoms with van der Waals surface area (Å²) in [5, 5.41) is 6.00. The van der Waals surface area contributed by atoms with Gasteiger partial charge in [-0.25, -0.2) is 18.2 Å². The summed E-state index contributed by atoms with van der Waals surface area (Å²) in [6.07, 6.45) is -2.66. The number of nitrogens with one attached hydrogen (secondary N) is 1. The molecule has 1 N–H and O–H groups in total. The zero-order chi connectivity index (χ0) is 12.3. The zero-order valence-electron chi connectivity index (χ0n) is 8.53. The monoisotopic (exact) mass is 259 g/mol. The lowest BCUT2D eigenvalue weighted by Gasteiger charge is -1.97. The van der Waals surface area contributed by atoms with E-state index in [1.807, 2.05) is 0 Å². The van der Waals surface area contributed by atoms with E-state index in [1.165, 1.54) is 23.9 Å². The lowest BCUT2D eigenvalue weighted by Crippen LogP contribution is -1.86. The maximum atomic E-state index is 12.9. The molecule has 0 saturated heterocycles. The van der Waals surface area contributed by atoms with Crippen LogP contribution >= 0.6 is 11.8 Å². The van der Waals surface area contributed by atoms with Crippen molar-refractivity contribution < 1.29 is 13.2 Å². The van der Waals surface area contributed by atoms with Gasteiger partial charge in [-0.1, -0.05) is 23.9 Å². The summed E-state index contributed by atoms with van der Waals surface area (Å²) in [5.74, 6) is -0.351. The van der Waals surface area contributed by atoms with Crippen LogP contribution in [-0.4, -0.2) is 15.2 Å². The van der Waals surface area contributed by atoms with Gasteiger partial charge in [-0.15, -0.1) is 5.10 Å². The molecule has 90 valence electrons. The molecule has 0 aliphatic heterocycles. The Kier molecular flexibility index (Phi) is 3.68. The Balaban J connectivity index is 1.97. The highest BCUT2D eigenvalue weighted by Crippen LogP contribution is 2.22. The van der Waals surface area contributed by atoms with Crippen molar-refractivity contribution >= 4 is 11.8 Å². The number of hydrogen-bond acceptors (Lipinski definition) is 3. The van der Waals surface area contributed by atoms with Crippen LogP contribution in [0.25, 0.3) is 0 Å². The Morgan fingerprint density at radius 3 is 2.82 bits per heavy atom. The van der Waals surface area contributed by atoms with E-state index in [1.54, 1.807) is 12.1 Å². The number of aromatic nitrogens is 3. The molecule has 1 aromatic heterocycles. The van der Waals surface area contributed by atoms with E-state index in [9.17, 15) is 13.2 Å². The van der Waals surface area contributed by atoms with Crippen LogP contribution in [-0.2, 0) is 5.75 Å². The first kappa shape index (κ1) is 12.0. The summed E-state index contributed by atoms with van der Waals surface area (Å²) in [6, 6.07) is 6.06. The number of hydrogen-bond donors (Lipinski definition) is 1. The highest BCUT2D eigenvalue weighted by Gasteiger charge is 2.13. The molecule has 2 rings (SSSR count). The van der Waals surface area contributed by atoms with Crippen molar-refractivity contribution in [2.24, 2.45) is 0 Å². The molecule has 0 bridgehead atoms. The van der Waals surface area contributed by atoms with E-state index >= 15 is 0 Å². The minimum absolute atomic E-state index is 0.226. The van der Waals surface area contributed by atoms with Crippen LogP contribution in [0.3, 0.4) is 0 Å². The lowest BCUT2D eigenvalue weighted by atomic mass is 10.2. The summed E-state index contributed by atoms with van der Waals surface area (Å²) in [7, 11) is 0. The largest absolute Gasteiger partial charge is 0.296 e. The SMILES string of the molecule is Fc1cccc(CSc2n[nH]c(C(F)F)n2)c1. The Morgan fingerprint density at radius 2 is 2.18 bits per heavy atom. The molecule has 0 spiro atoms. The van der Waals surface area contributed by atoms with Gasteiger partial charge in [0.25, 0.3) is 6.43 Å². The van der Waals surface area contributed by atoms with Gasteiger partial charge in [0.15, 0.2) is 5.82 Å². The van der Waals surface area contributed by atoms with E-state index in [2.05, 4.69) is 15.2 Å². The van der Waals surface area contributed by atoms with Gasteiger partial charge in [0.05, 0.1) is 0 Å². The van der Waals surface area contributed by atoms with E-state index in [0.717, 1.165) is 5.56 Å². The van der Waals surface area contributed by atoms with Crippen LogP contribution in [0, 0.1) is 5.82 Å². The van der Waals surface area contributed by atoms with Crippen LogP contribution in [0.5, 0.6) is 0 Å². The van der Waals surface area contributed by atoms with Crippen molar-refractivity contribution in [1.29, 1.82) is 0 Å². The molecule has 0 amide bonds. The summed E-state index contributed by atoms with van der Waals surface area (Å²) in [5.41, 5.74) is 0.749. The number of benzene rings is 1. The second-order valence-electron chi connectivity index (χ2n) is 3.22. The van der Waals surface area contributed by atoms with Crippen molar-refractivity contribution in [3.8, 4) is 0 Å². The van der Waals surface area contributed by atoms with E-state index in [-0.39, 0.29) is 11.0 Å². The first-order valence-electron chi connectivity index (χ1n) is 4.73. The van der Waals surface area contributed by atoms with Crippen LogP contribution in [0.4, 0.5) is 13.2 Å². The summed E-state index contributed by atoms with van der Waals surface area (Å²) in [4.78, 5) is 3.60. The molecule has 0 radical (unpaired) electrons. The Hall–Kier alpha value is -1.50. The van der Waals surface area contributed by atoms with Crippen molar-refractivity contribution in [2.75, 3.05) is 0 Å². The summed E-state index contributed by atoms with van der Waals surface area (Å²) >= 11 is 1.17. The summed E-state index contributed by atoms with van der Waals surface area (Å²) in [6.45, 7) is 0. The van der Waals surface area contributed by atoms with E-state index in [0.29, 0.717) is 5.75 Å². The van der Waals surface area contributed by atoms with Gasteiger partial charge < -0.3 is 0 Å². The maximum absolute atomic E-state index is 12.9. The highest BCUT2D eigenvalue weighted by molar-refractivity contribution is 7.98. The van der Waals surface area contributed by atoms with Crippen LogP contribution < -0.4 is 0 Å². The number of alkyl halides is 2. The van der Waals surface area contributed by atoms with Crippen molar-refractivity contribution in [3.63, 3.8) is 0 Å². The summed E-state index contributed by atoms with van der Waals surface area (Å²) < 4.78 is 37.3. The van der Waals surface area contributed by atoms with Gasteiger partial charge in [-0.3, -0.25) is 5.10 Å². The number of thioether (sulfide) groups is 1. The number of aromatic amines is 1. The van der Waals surface area contributed by atoms with Crippen LogP contribution in [0.15, 0.2) is 29.4 Å². The van der Waals surface area contributed by atoms with Crippen LogP contribution in [0.1, 0.15) is 17.8 Å². The Labute approximate surface area is 99.5 Å². The van der Waals surface area contributed by atoms with Gasteiger partial charge in [-0.2, -0.15) is 0 Å². The lowest BCUT2D eigenvalue weighted by molar-refractivity contribution is 0.140. The molecule has 3 nitrogen and oxygen atoms in total. The van der Waals surface area contributed by atoms with Crippen molar-refractivity contribution in [2.45, 2.75) is 17.3 Å². The number of nitrogens with zero attached hydrogens (tertiary/aromatic N) is 2. The molecule has 17 heavy (non-hydrogen) atoms. The van der Waals surface area contributed by atoms with E-state index in [4.69, 9.17) is 0 Å². The Morgan fingerprint density at radius 1 is 1.35 bits per heavy atom. The molecule has 1 aromatic carbocycles. The molecule has 0 atom stereocenters. The first-order valence-corrected chi connectivity index (χ1v) is 5.71. The van der Waals surface area contributed by atoms with Crippen LogP contribution in [0.2, 0.25) is 0 Å². The van der Waals surface area contributed by atoms with Crippen molar-refractivity contribution in [1.82, 2.24) is 15.2 Å². The maximum Gasteiger partial charge on any atom is 0.296 e. The fourth-order valence-corrected chi connectivity index (χ4v) is 1.94. The fraction of sp³-hybridized carbons (Fsp3) is 0.200. The van der Waals surface area contributed by atoms with Gasteiger partial charge >= 0.3 is 0 Å². The average Bonchev–Trinajstić information content (AvgIpc) is 2.75. The van der Waals surface area contributed by atoms with Gasteiger partial charge in [0.2, 0.25) is 5.16 Å². The minimum atomic E-state index is -2.66. The molecule has 0 aliphatic carbocycles. The number of halogens is 3. The molecule has 0 fully saturated rings. The zero-order valence-corrected chi connectivity index (χ0v) is 9.35. The predicted octanol–water partition coefficient (Wildman–Crippen LogP) is 3.17. The Bertz CT molecular complexity index is 501. The molecule has 0 unspecified atom stereocenters. The molecule has 1 heterocycles. The second kappa shape index (κ2) is 5.22. The second-order valence-corrected chi connectivity index (χ2v) is 4.17. The van der Waals surface area contributed by atoms with Gasteiger partial charge in [-0.05, 0) is 17.7 Å². The smallest absolute Gasteiger partial charge is 0.257 e. The van der Waals surface area contributed by atoms with Gasteiger partial charge in [0, 0.05) is 5.75 Å². The van der Waals surface area contributed by atoms with E-state index < -0.39 is 12.2 Å². The standard InChI is InChI=1S/C10H8F3N3S/c11-7-3-1-2-6(4-7)5-17-10-14-9(8(12)13)15-16-10/h1-4,8H,5H2,(H,14,15,16). The molecule has 0 aliphatic rings. The highest BCUT2D eigenvalue weighted by atomic mass is 32.2. The molecule has 2 aromatic rings. The van der Waals surface area contributed by atoms with Crippen molar-refractivity contribution in [3.05, 3.63) is 41.5 Å². The fourth-order valence-electron chi connectivity index (χ4n) is 1.19. The number of rotatable bonds is 4. The third-order valence-electron chi connectivity index (χ3n) is 1.95. The third kappa shape index (κ3) is 3.23. The average molecular weight is 259 g/mol. The molecular weight excluding hydrogens is 251 g/mol. The van der Waals surface area contributed by atoms with Gasteiger partial charge in [0.1, 0.15) is 5.82 Å². The first-order chi connectivity index (χ1) is 8.15. The normalized spacial score (nSPS) is 11.1. The topological polar surface area (TPSA) is 41.6 Å².